The average Bonchev–Trinajstić information content (AvgIpc) is 3.41. The van der Waals surface area contributed by atoms with Crippen molar-refractivity contribution >= 4 is 23.4 Å². The molecule has 2 aromatic heterocycles. The van der Waals surface area contributed by atoms with Gasteiger partial charge in [0.2, 0.25) is 5.91 Å². The monoisotopic (exact) mass is 490 g/mol. The number of amides is 1. The number of aromatic nitrogens is 5. The highest BCUT2D eigenvalue weighted by Crippen LogP contribution is 2.28. The summed E-state index contributed by atoms with van der Waals surface area (Å²) in [5.74, 6) is 0.984. The van der Waals surface area contributed by atoms with Gasteiger partial charge in [0.15, 0.2) is 11.0 Å². The highest BCUT2D eigenvalue weighted by molar-refractivity contribution is 7.99. The molecule has 0 unspecified atom stereocenters. The molecular formula is C26H27FN6OS. The summed E-state index contributed by atoms with van der Waals surface area (Å²) in [6.45, 7) is 4.93. The molecule has 0 radical (unpaired) electrons. The number of imidazole rings is 1. The third-order valence-electron chi connectivity index (χ3n) is 6.17. The van der Waals surface area contributed by atoms with E-state index in [0.29, 0.717) is 11.0 Å². The standard InChI is InChI=1S/C26H27FN6OS/c1-17-7-8-18(2)22(14-17)32-13-11-28-26(32)35-16-24(34)29-21-15-19(9-10-20(21)27)25-31-30-23-6-4-3-5-12-33(23)25/h7-11,13-15H,3-6,12,16H2,1-2H3,(H,29,34). The molecule has 0 bridgehead atoms. The first-order chi connectivity index (χ1) is 17.0. The van der Waals surface area contributed by atoms with Crippen LogP contribution in [0.5, 0.6) is 0 Å². The summed E-state index contributed by atoms with van der Waals surface area (Å²) < 4.78 is 18.7. The Morgan fingerprint density at radius 3 is 2.89 bits per heavy atom. The van der Waals surface area contributed by atoms with Gasteiger partial charge in [0.25, 0.3) is 0 Å². The van der Waals surface area contributed by atoms with E-state index >= 15 is 0 Å². The Labute approximate surface area is 207 Å². The first-order valence-corrected chi connectivity index (χ1v) is 12.7. The van der Waals surface area contributed by atoms with Gasteiger partial charge >= 0.3 is 0 Å². The number of fused-ring (bicyclic) bond motifs is 1. The lowest BCUT2D eigenvalue weighted by Gasteiger charge is -2.12. The molecule has 0 spiro atoms. The molecule has 7 nitrogen and oxygen atoms in total. The normalized spacial score (nSPS) is 13.3. The van der Waals surface area contributed by atoms with Crippen LogP contribution in [0.25, 0.3) is 17.1 Å². The smallest absolute Gasteiger partial charge is 0.234 e. The van der Waals surface area contributed by atoms with Gasteiger partial charge in [0, 0.05) is 30.9 Å². The fourth-order valence-corrected chi connectivity index (χ4v) is 5.10. The Morgan fingerprint density at radius 1 is 1.11 bits per heavy atom. The van der Waals surface area contributed by atoms with Crippen LogP contribution in [0.3, 0.4) is 0 Å². The number of carbonyl (C=O) groups is 1. The van der Waals surface area contributed by atoms with Crippen molar-refractivity contribution in [1.82, 2.24) is 24.3 Å². The second-order valence-electron chi connectivity index (χ2n) is 8.80. The van der Waals surface area contributed by atoms with Gasteiger partial charge in [-0.2, -0.15) is 0 Å². The Morgan fingerprint density at radius 2 is 2.00 bits per heavy atom. The van der Waals surface area contributed by atoms with Gasteiger partial charge in [-0.1, -0.05) is 30.3 Å². The lowest BCUT2D eigenvalue weighted by atomic mass is 10.1. The summed E-state index contributed by atoms with van der Waals surface area (Å²) in [6.07, 6.45) is 7.82. The second kappa shape index (κ2) is 10.0. The van der Waals surface area contributed by atoms with E-state index in [0.717, 1.165) is 60.4 Å². The molecule has 1 aliphatic rings. The minimum Gasteiger partial charge on any atom is -0.323 e. The predicted molar refractivity (Wildman–Crippen MR) is 135 cm³/mol. The molecule has 0 aliphatic carbocycles. The van der Waals surface area contributed by atoms with Crippen LogP contribution < -0.4 is 5.32 Å². The Balaban J connectivity index is 1.30. The number of thioether (sulfide) groups is 1. The molecule has 0 saturated carbocycles. The van der Waals surface area contributed by atoms with E-state index < -0.39 is 5.82 Å². The van der Waals surface area contributed by atoms with Crippen molar-refractivity contribution in [1.29, 1.82) is 0 Å². The summed E-state index contributed by atoms with van der Waals surface area (Å²) in [5, 5.41) is 12.1. The quantitative estimate of drug-likeness (QED) is 0.369. The first kappa shape index (κ1) is 23.3. The number of anilines is 1. The minimum absolute atomic E-state index is 0.103. The van der Waals surface area contributed by atoms with Gasteiger partial charge < -0.3 is 9.88 Å². The molecule has 180 valence electrons. The van der Waals surface area contributed by atoms with Gasteiger partial charge in [0.1, 0.15) is 11.6 Å². The zero-order valence-electron chi connectivity index (χ0n) is 19.8. The number of hydrogen-bond donors (Lipinski definition) is 1. The van der Waals surface area contributed by atoms with E-state index in [4.69, 9.17) is 0 Å². The second-order valence-corrected chi connectivity index (χ2v) is 9.75. The molecule has 0 saturated heterocycles. The van der Waals surface area contributed by atoms with E-state index in [1.54, 1.807) is 18.3 Å². The maximum atomic E-state index is 14.6. The predicted octanol–water partition coefficient (Wildman–Crippen LogP) is 5.34. The number of carbonyl (C=O) groups excluding carboxylic acids is 1. The van der Waals surface area contributed by atoms with Crippen LogP contribution in [-0.4, -0.2) is 36.0 Å². The minimum atomic E-state index is -0.486. The Hall–Kier alpha value is -3.46. The van der Waals surface area contributed by atoms with Crippen molar-refractivity contribution in [3.63, 3.8) is 0 Å². The molecule has 9 heteroatoms. The summed E-state index contributed by atoms with van der Waals surface area (Å²) >= 11 is 1.31. The molecule has 4 aromatic rings. The SMILES string of the molecule is Cc1ccc(C)c(-n2ccnc2SCC(=O)Nc2cc(-c3nnc4n3CCCCC4)ccc2F)c1. The largest absolute Gasteiger partial charge is 0.323 e. The highest BCUT2D eigenvalue weighted by atomic mass is 32.2. The molecule has 5 rings (SSSR count). The Kier molecular flexibility index (Phi) is 6.68. The third-order valence-corrected chi connectivity index (χ3v) is 7.14. The van der Waals surface area contributed by atoms with Crippen molar-refractivity contribution in [3.05, 3.63) is 71.6 Å². The lowest BCUT2D eigenvalue weighted by molar-refractivity contribution is -0.113. The van der Waals surface area contributed by atoms with Crippen LogP contribution in [0, 0.1) is 19.7 Å². The Bertz CT molecular complexity index is 1380. The molecular weight excluding hydrogens is 463 g/mol. The zero-order valence-corrected chi connectivity index (χ0v) is 20.6. The van der Waals surface area contributed by atoms with E-state index in [9.17, 15) is 9.18 Å². The van der Waals surface area contributed by atoms with E-state index in [1.807, 2.05) is 24.6 Å². The van der Waals surface area contributed by atoms with Crippen LogP contribution in [0.4, 0.5) is 10.1 Å². The third kappa shape index (κ3) is 5.00. The maximum absolute atomic E-state index is 14.6. The average molecular weight is 491 g/mol. The van der Waals surface area contributed by atoms with Gasteiger partial charge in [-0.05, 0) is 62.1 Å². The number of nitrogens with one attached hydrogen (secondary N) is 1. The number of nitrogens with zero attached hydrogens (tertiary/aromatic N) is 5. The van der Waals surface area contributed by atoms with Crippen molar-refractivity contribution in [2.24, 2.45) is 0 Å². The van der Waals surface area contributed by atoms with Crippen LogP contribution in [0.1, 0.15) is 36.2 Å². The molecule has 2 aromatic carbocycles. The number of aryl methyl sites for hydroxylation is 3. The van der Waals surface area contributed by atoms with Crippen LogP contribution in [-0.2, 0) is 17.8 Å². The van der Waals surface area contributed by atoms with Crippen LogP contribution >= 0.6 is 11.8 Å². The summed E-state index contributed by atoms with van der Waals surface area (Å²) in [4.78, 5) is 17.1. The maximum Gasteiger partial charge on any atom is 0.234 e. The van der Waals surface area contributed by atoms with Gasteiger partial charge in [-0.3, -0.25) is 9.36 Å². The molecule has 0 atom stereocenters. The van der Waals surface area contributed by atoms with Crippen molar-refractivity contribution in [2.75, 3.05) is 11.1 Å². The topological polar surface area (TPSA) is 77.6 Å². The van der Waals surface area contributed by atoms with Gasteiger partial charge in [-0.25, -0.2) is 9.37 Å². The van der Waals surface area contributed by atoms with Crippen molar-refractivity contribution in [3.8, 4) is 17.1 Å². The molecule has 0 fully saturated rings. The zero-order chi connectivity index (χ0) is 24.4. The fraction of sp³-hybridized carbons (Fsp3) is 0.308. The van der Waals surface area contributed by atoms with Crippen LogP contribution in [0.2, 0.25) is 0 Å². The number of hydrogen-bond acceptors (Lipinski definition) is 5. The molecule has 1 aliphatic heterocycles. The molecule has 1 amide bonds. The number of rotatable bonds is 6. The number of benzene rings is 2. The molecule has 1 N–H and O–H groups in total. The summed E-state index contributed by atoms with van der Waals surface area (Å²) in [5.41, 5.74) is 4.16. The van der Waals surface area contributed by atoms with E-state index in [2.05, 4.69) is 43.3 Å². The van der Waals surface area contributed by atoms with Gasteiger partial charge in [-0.15, -0.1) is 10.2 Å². The van der Waals surface area contributed by atoms with E-state index in [-0.39, 0.29) is 17.3 Å². The number of halogens is 1. The van der Waals surface area contributed by atoms with Crippen molar-refractivity contribution < 1.29 is 9.18 Å². The van der Waals surface area contributed by atoms with Gasteiger partial charge in [0.05, 0.1) is 17.1 Å². The molecule has 35 heavy (non-hydrogen) atoms. The highest BCUT2D eigenvalue weighted by Gasteiger charge is 2.18. The molecule has 3 heterocycles. The van der Waals surface area contributed by atoms with Crippen LogP contribution in [0.15, 0.2) is 53.9 Å². The summed E-state index contributed by atoms with van der Waals surface area (Å²) in [7, 11) is 0. The van der Waals surface area contributed by atoms with E-state index in [1.165, 1.54) is 17.8 Å². The first-order valence-electron chi connectivity index (χ1n) is 11.8. The fourth-order valence-electron chi connectivity index (χ4n) is 4.33. The lowest BCUT2D eigenvalue weighted by Crippen LogP contribution is -2.16. The van der Waals surface area contributed by atoms with Crippen molar-refractivity contribution in [2.45, 2.75) is 51.2 Å². The summed E-state index contributed by atoms with van der Waals surface area (Å²) in [6, 6.07) is 10.9.